The molecule has 122 valence electrons. The molecule has 2 aromatic rings. The van der Waals surface area contributed by atoms with Crippen molar-refractivity contribution in [1.29, 1.82) is 0 Å². The second kappa shape index (κ2) is 6.04. The molecule has 6 heteroatoms. The van der Waals surface area contributed by atoms with Gasteiger partial charge in [0.05, 0.1) is 18.2 Å². The van der Waals surface area contributed by atoms with E-state index in [0.717, 1.165) is 24.0 Å². The molecule has 1 aliphatic rings. The molecule has 6 nitrogen and oxygen atoms in total. The topological polar surface area (TPSA) is 54.8 Å². The van der Waals surface area contributed by atoms with Gasteiger partial charge in [-0.25, -0.2) is 0 Å². The van der Waals surface area contributed by atoms with E-state index in [1.54, 1.807) is 19.4 Å². The van der Waals surface area contributed by atoms with Crippen LogP contribution in [0.4, 0.5) is 0 Å². The third-order valence-corrected chi connectivity index (χ3v) is 4.37. The first-order valence-corrected chi connectivity index (χ1v) is 7.69. The normalized spacial score (nSPS) is 15.9. The number of carbonyl (C=O) groups excluding carboxylic acids is 2. The summed E-state index contributed by atoms with van der Waals surface area (Å²) in [4.78, 5) is 28.8. The van der Waals surface area contributed by atoms with Gasteiger partial charge in [-0.15, -0.1) is 0 Å². The van der Waals surface area contributed by atoms with E-state index in [0.29, 0.717) is 24.4 Å². The lowest BCUT2D eigenvalue weighted by Gasteiger charge is -2.32. The molecule has 0 bridgehead atoms. The maximum atomic E-state index is 12.9. The quantitative estimate of drug-likeness (QED) is 0.846. The molecule has 0 atom stereocenters. The standard InChI is InChI=1S/C17H21N3O3/c1-12(21)20-11-15(14-10-13(23-3)4-5-16(14)20)17(22)19-8-6-18(2)7-9-19/h4-5,10-11H,6-9H2,1-3H3. The Morgan fingerprint density at radius 2 is 1.83 bits per heavy atom. The van der Waals surface area contributed by atoms with Crippen molar-refractivity contribution < 1.29 is 14.3 Å². The fraction of sp³-hybridized carbons (Fsp3) is 0.412. The molecular weight excluding hydrogens is 294 g/mol. The van der Waals surface area contributed by atoms with E-state index in [-0.39, 0.29) is 11.8 Å². The average Bonchev–Trinajstić information content (AvgIpc) is 2.93. The van der Waals surface area contributed by atoms with Gasteiger partial charge in [-0.05, 0) is 25.2 Å². The third kappa shape index (κ3) is 2.82. The number of nitrogens with zero attached hydrogens (tertiary/aromatic N) is 3. The molecule has 1 amide bonds. The van der Waals surface area contributed by atoms with Crippen molar-refractivity contribution in [1.82, 2.24) is 14.4 Å². The Labute approximate surface area is 135 Å². The fourth-order valence-electron chi connectivity index (χ4n) is 2.95. The Morgan fingerprint density at radius 3 is 2.43 bits per heavy atom. The molecule has 2 heterocycles. The van der Waals surface area contributed by atoms with Gasteiger partial charge in [-0.3, -0.25) is 14.2 Å². The van der Waals surface area contributed by atoms with Crippen LogP contribution in [-0.2, 0) is 0 Å². The summed E-state index contributed by atoms with van der Waals surface area (Å²) in [6.07, 6.45) is 1.65. The predicted molar refractivity (Wildman–Crippen MR) is 88.2 cm³/mol. The number of ether oxygens (including phenoxy) is 1. The first-order chi connectivity index (χ1) is 11.0. The van der Waals surface area contributed by atoms with Crippen LogP contribution in [0.3, 0.4) is 0 Å². The average molecular weight is 315 g/mol. The minimum absolute atomic E-state index is 0.0312. The fourth-order valence-corrected chi connectivity index (χ4v) is 2.95. The lowest BCUT2D eigenvalue weighted by Crippen LogP contribution is -2.47. The van der Waals surface area contributed by atoms with Crippen LogP contribution in [0.15, 0.2) is 24.4 Å². The minimum Gasteiger partial charge on any atom is -0.497 e. The molecule has 1 aliphatic heterocycles. The van der Waals surface area contributed by atoms with Crippen LogP contribution in [-0.4, -0.2) is 66.5 Å². The predicted octanol–water partition coefficient (Wildman–Crippen LogP) is 1.70. The van der Waals surface area contributed by atoms with Crippen molar-refractivity contribution >= 4 is 22.7 Å². The molecule has 0 aliphatic carbocycles. The highest BCUT2D eigenvalue weighted by Gasteiger charge is 2.24. The Morgan fingerprint density at radius 1 is 1.13 bits per heavy atom. The van der Waals surface area contributed by atoms with Crippen molar-refractivity contribution in [3.05, 3.63) is 30.0 Å². The summed E-state index contributed by atoms with van der Waals surface area (Å²) >= 11 is 0. The zero-order valence-electron chi connectivity index (χ0n) is 13.7. The summed E-state index contributed by atoms with van der Waals surface area (Å²) < 4.78 is 6.79. The van der Waals surface area contributed by atoms with Crippen molar-refractivity contribution in [3.8, 4) is 5.75 Å². The summed E-state index contributed by atoms with van der Waals surface area (Å²) in [6, 6.07) is 5.43. The van der Waals surface area contributed by atoms with E-state index in [2.05, 4.69) is 4.90 Å². The van der Waals surface area contributed by atoms with Gasteiger partial charge in [0.25, 0.3) is 5.91 Å². The summed E-state index contributed by atoms with van der Waals surface area (Å²) in [5.74, 6) is 0.528. The number of methoxy groups -OCH3 is 1. The second-order valence-electron chi connectivity index (χ2n) is 5.91. The van der Waals surface area contributed by atoms with Crippen LogP contribution in [0.25, 0.3) is 10.9 Å². The summed E-state index contributed by atoms with van der Waals surface area (Å²) in [7, 11) is 3.64. The second-order valence-corrected chi connectivity index (χ2v) is 5.91. The molecule has 1 aromatic carbocycles. The minimum atomic E-state index is -0.113. The van der Waals surface area contributed by atoms with Crippen LogP contribution < -0.4 is 4.74 Å². The molecule has 1 aromatic heterocycles. The largest absolute Gasteiger partial charge is 0.497 e. The molecule has 1 fully saturated rings. The van der Waals surface area contributed by atoms with Crippen LogP contribution in [0.1, 0.15) is 22.1 Å². The molecule has 0 saturated carbocycles. The summed E-state index contributed by atoms with van der Waals surface area (Å²) in [5.41, 5.74) is 1.29. The van der Waals surface area contributed by atoms with Crippen molar-refractivity contribution in [2.24, 2.45) is 0 Å². The molecule has 1 saturated heterocycles. The van der Waals surface area contributed by atoms with Gasteiger partial charge in [0.15, 0.2) is 0 Å². The Kier molecular flexibility index (Phi) is 4.09. The number of hydrogen-bond donors (Lipinski definition) is 0. The monoisotopic (exact) mass is 315 g/mol. The van der Waals surface area contributed by atoms with Crippen molar-refractivity contribution in [3.63, 3.8) is 0 Å². The number of carbonyl (C=O) groups is 2. The molecule has 23 heavy (non-hydrogen) atoms. The van der Waals surface area contributed by atoms with Crippen molar-refractivity contribution in [2.45, 2.75) is 6.92 Å². The molecular formula is C17H21N3O3. The lowest BCUT2D eigenvalue weighted by molar-refractivity contribution is 0.0666. The van der Waals surface area contributed by atoms with E-state index in [1.165, 1.54) is 11.5 Å². The zero-order chi connectivity index (χ0) is 16.6. The third-order valence-electron chi connectivity index (χ3n) is 4.37. The number of amides is 1. The van der Waals surface area contributed by atoms with Gasteiger partial charge in [0, 0.05) is 44.7 Å². The number of piperazine rings is 1. The number of likely N-dealkylation sites (N-methyl/N-ethyl adjacent to an activating group) is 1. The van der Waals surface area contributed by atoms with Crippen LogP contribution in [0, 0.1) is 0 Å². The highest BCUT2D eigenvalue weighted by Crippen LogP contribution is 2.27. The van der Waals surface area contributed by atoms with Gasteiger partial charge in [-0.2, -0.15) is 0 Å². The van der Waals surface area contributed by atoms with Gasteiger partial charge < -0.3 is 14.5 Å². The van der Waals surface area contributed by atoms with E-state index in [1.807, 2.05) is 24.1 Å². The number of rotatable bonds is 2. The van der Waals surface area contributed by atoms with Crippen LogP contribution in [0.5, 0.6) is 5.75 Å². The Bertz CT molecular complexity index is 758. The molecule has 0 unspecified atom stereocenters. The van der Waals surface area contributed by atoms with Gasteiger partial charge in [-0.1, -0.05) is 0 Å². The Balaban J connectivity index is 2.05. The van der Waals surface area contributed by atoms with Gasteiger partial charge >= 0.3 is 0 Å². The summed E-state index contributed by atoms with van der Waals surface area (Å²) in [5, 5.41) is 0.753. The maximum absolute atomic E-state index is 12.9. The number of aromatic nitrogens is 1. The molecule has 0 radical (unpaired) electrons. The van der Waals surface area contributed by atoms with Crippen LogP contribution in [0.2, 0.25) is 0 Å². The first-order valence-electron chi connectivity index (χ1n) is 7.69. The van der Waals surface area contributed by atoms with Gasteiger partial charge in [0.2, 0.25) is 5.91 Å². The smallest absolute Gasteiger partial charge is 0.256 e. The van der Waals surface area contributed by atoms with Gasteiger partial charge in [0.1, 0.15) is 5.75 Å². The van der Waals surface area contributed by atoms with E-state index in [9.17, 15) is 9.59 Å². The highest BCUT2D eigenvalue weighted by molar-refractivity contribution is 6.09. The summed E-state index contributed by atoms with van der Waals surface area (Å²) in [6.45, 7) is 4.62. The van der Waals surface area contributed by atoms with E-state index < -0.39 is 0 Å². The maximum Gasteiger partial charge on any atom is 0.256 e. The first kappa shape index (κ1) is 15.6. The zero-order valence-corrected chi connectivity index (χ0v) is 13.7. The van der Waals surface area contributed by atoms with E-state index >= 15 is 0 Å². The SMILES string of the molecule is COc1ccc2c(c1)c(C(=O)N1CCN(C)CC1)cn2C(C)=O. The van der Waals surface area contributed by atoms with Crippen molar-refractivity contribution in [2.75, 3.05) is 40.3 Å². The highest BCUT2D eigenvalue weighted by atomic mass is 16.5. The molecule has 3 rings (SSSR count). The molecule has 0 N–H and O–H groups in total. The number of fused-ring (bicyclic) bond motifs is 1. The van der Waals surface area contributed by atoms with E-state index in [4.69, 9.17) is 4.74 Å². The number of benzene rings is 1. The number of hydrogen-bond acceptors (Lipinski definition) is 4. The molecule has 0 spiro atoms. The lowest BCUT2D eigenvalue weighted by atomic mass is 10.1. The van der Waals surface area contributed by atoms with Crippen LogP contribution >= 0.6 is 0 Å². The Hall–Kier alpha value is -2.34.